The highest BCUT2D eigenvalue weighted by atomic mass is 14.8. The summed E-state index contributed by atoms with van der Waals surface area (Å²) in [6.07, 6.45) is 8.63. The second-order valence-corrected chi connectivity index (χ2v) is 5.05. The van der Waals surface area contributed by atoms with Crippen LogP contribution in [0, 0.1) is 11.3 Å². The Hall–Kier alpha value is -0.0400. The van der Waals surface area contributed by atoms with Gasteiger partial charge in [-0.3, -0.25) is 0 Å². The third kappa shape index (κ3) is 3.30. The molecule has 0 aromatic rings. The topological polar surface area (TPSA) is 12.0 Å². The Morgan fingerprint density at radius 3 is 2.38 bits per heavy atom. The summed E-state index contributed by atoms with van der Waals surface area (Å²) < 4.78 is 0. The van der Waals surface area contributed by atoms with Crippen LogP contribution in [0.2, 0.25) is 0 Å². The summed E-state index contributed by atoms with van der Waals surface area (Å²) in [4.78, 5) is 0. The maximum absolute atomic E-state index is 3.31. The number of nitrogens with one attached hydrogen (secondary N) is 1. The van der Waals surface area contributed by atoms with Gasteiger partial charge in [0.15, 0.2) is 0 Å². The summed E-state index contributed by atoms with van der Waals surface area (Å²) >= 11 is 0. The van der Waals surface area contributed by atoms with E-state index in [0.717, 1.165) is 5.92 Å². The SMILES string of the molecule is CCC(CNC)CC1(C)CCCC1. The van der Waals surface area contributed by atoms with E-state index in [4.69, 9.17) is 0 Å². The largest absolute Gasteiger partial charge is 0.319 e. The van der Waals surface area contributed by atoms with Crippen molar-refractivity contribution in [2.45, 2.75) is 52.4 Å². The molecule has 0 heterocycles. The third-order valence-electron chi connectivity index (χ3n) is 3.66. The quantitative estimate of drug-likeness (QED) is 0.690. The average molecular weight is 183 g/mol. The Morgan fingerprint density at radius 2 is 1.92 bits per heavy atom. The van der Waals surface area contributed by atoms with Crippen molar-refractivity contribution in [3.05, 3.63) is 0 Å². The number of rotatable bonds is 5. The fourth-order valence-electron chi connectivity index (χ4n) is 2.78. The molecule has 1 fully saturated rings. The van der Waals surface area contributed by atoms with Gasteiger partial charge in [0, 0.05) is 0 Å². The zero-order chi connectivity index (χ0) is 9.73. The summed E-state index contributed by atoms with van der Waals surface area (Å²) in [7, 11) is 2.07. The first kappa shape index (κ1) is 11.0. The molecule has 0 aromatic heterocycles. The molecule has 0 amide bonds. The molecular formula is C12H25N. The van der Waals surface area contributed by atoms with Crippen LogP contribution in [-0.2, 0) is 0 Å². The minimum Gasteiger partial charge on any atom is -0.319 e. The lowest BCUT2D eigenvalue weighted by Gasteiger charge is -2.28. The molecule has 1 atom stereocenters. The molecule has 1 rings (SSSR count). The highest BCUT2D eigenvalue weighted by Gasteiger charge is 2.30. The van der Waals surface area contributed by atoms with E-state index in [1.54, 1.807) is 0 Å². The minimum atomic E-state index is 0.678. The van der Waals surface area contributed by atoms with Crippen LogP contribution in [0.3, 0.4) is 0 Å². The van der Waals surface area contributed by atoms with Crippen LogP contribution in [0.15, 0.2) is 0 Å². The molecule has 1 aliphatic rings. The maximum atomic E-state index is 3.31. The first-order valence-electron chi connectivity index (χ1n) is 5.85. The Balaban J connectivity index is 2.35. The molecule has 0 aromatic carbocycles. The van der Waals surface area contributed by atoms with Crippen molar-refractivity contribution in [1.82, 2.24) is 5.32 Å². The van der Waals surface area contributed by atoms with Crippen LogP contribution < -0.4 is 5.32 Å². The lowest BCUT2D eigenvalue weighted by atomic mass is 9.79. The second kappa shape index (κ2) is 4.99. The van der Waals surface area contributed by atoms with Crippen molar-refractivity contribution >= 4 is 0 Å². The highest BCUT2D eigenvalue weighted by Crippen LogP contribution is 2.42. The molecule has 1 nitrogen and oxygen atoms in total. The van der Waals surface area contributed by atoms with E-state index in [-0.39, 0.29) is 0 Å². The molecular weight excluding hydrogens is 158 g/mol. The monoisotopic (exact) mass is 183 g/mol. The number of hydrogen-bond acceptors (Lipinski definition) is 1. The molecule has 1 aliphatic carbocycles. The molecule has 0 aliphatic heterocycles. The first-order valence-corrected chi connectivity index (χ1v) is 5.85. The Kier molecular flexibility index (Phi) is 4.24. The normalized spacial score (nSPS) is 23.3. The Labute approximate surface area is 83.3 Å². The molecule has 13 heavy (non-hydrogen) atoms. The van der Waals surface area contributed by atoms with Crippen LogP contribution in [-0.4, -0.2) is 13.6 Å². The van der Waals surface area contributed by atoms with Crippen molar-refractivity contribution in [2.24, 2.45) is 11.3 Å². The van der Waals surface area contributed by atoms with Gasteiger partial charge in [0.1, 0.15) is 0 Å². The molecule has 1 heteroatoms. The highest BCUT2D eigenvalue weighted by molar-refractivity contribution is 4.82. The summed E-state index contributed by atoms with van der Waals surface area (Å²) in [6, 6.07) is 0. The Bertz CT molecular complexity index is 136. The van der Waals surface area contributed by atoms with Gasteiger partial charge in [-0.05, 0) is 44.2 Å². The molecule has 1 N–H and O–H groups in total. The lowest BCUT2D eigenvalue weighted by molar-refractivity contribution is 0.239. The van der Waals surface area contributed by atoms with Crippen molar-refractivity contribution in [3.63, 3.8) is 0 Å². The molecule has 78 valence electrons. The standard InChI is InChI=1S/C12H25N/c1-4-11(10-13-3)9-12(2)7-5-6-8-12/h11,13H,4-10H2,1-3H3. The van der Waals surface area contributed by atoms with Gasteiger partial charge in [-0.25, -0.2) is 0 Å². The van der Waals surface area contributed by atoms with Gasteiger partial charge >= 0.3 is 0 Å². The predicted molar refractivity (Wildman–Crippen MR) is 58.9 cm³/mol. The molecule has 1 saturated carbocycles. The van der Waals surface area contributed by atoms with Gasteiger partial charge in [0.05, 0.1) is 0 Å². The first-order chi connectivity index (χ1) is 6.20. The van der Waals surface area contributed by atoms with Crippen molar-refractivity contribution in [3.8, 4) is 0 Å². The summed E-state index contributed by atoms with van der Waals surface area (Å²) in [5, 5.41) is 3.31. The minimum absolute atomic E-state index is 0.678. The molecule has 0 saturated heterocycles. The van der Waals surface area contributed by atoms with E-state index in [1.165, 1.54) is 45.1 Å². The van der Waals surface area contributed by atoms with Gasteiger partial charge in [0.25, 0.3) is 0 Å². The van der Waals surface area contributed by atoms with E-state index in [1.807, 2.05) is 0 Å². The fraction of sp³-hybridized carbons (Fsp3) is 1.00. The Morgan fingerprint density at radius 1 is 1.31 bits per heavy atom. The average Bonchev–Trinajstić information content (AvgIpc) is 2.51. The molecule has 0 bridgehead atoms. The third-order valence-corrected chi connectivity index (χ3v) is 3.66. The van der Waals surface area contributed by atoms with Crippen LogP contribution >= 0.6 is 0 Å². The van der Waals surface area contributed by atoms with E-state index >= 15 is 0 Å². The van der Waals surface area contributed by atoms with E-state index < -0.39 is 0 Å². The van der Waals surface area contributed by atoms with Crippen LogP contribution in [0.5, 0.6) is 0 Å². The van der Waals surface area contributed by atoms with E-state index in [2.05, 4.69) is 26.2 Å². The van der Waals surface area contributed by atoms with Crippen LogP contribution in [0.25, 0.3) is 0 Å². The second-order valence-electron chi connectivity index (χ2n) is 5.05. The summed E-state index contributed by atoms with van der Waals surface area (Å²) in [5.74, 6) is 0.896. The molecule has 0 spiro atoms. The lowest BCUT2D eigenvalue weighted by Crippen LogP contribution is -2.24. The number of hydrogen-bond donors (Lipinski definition) is 1. The summed E-state index contributed by atoms with van der Waals surface area (Å²) in [6.45, 7) is 6.00. The predicted octanol–water partition coefficient (Wildman–Crippen LogP) is 3.20. The van der Waals surface area contributed by atoms with Gasteiger partial charge in [-0.1, -0.05) is 33.1 Å². The zero-order valence-corrected chi connectivity index (χ0v) is 9.53. The van der Waals surface area contributed by atoms with Crippen LogP contribution in [0.4, 0.5) is 0 Å². The summed E-state index contributed by atoms with van der Waals surface area (Å²) in [5.41, 5.74) is 0.678. The van der Waals surface area contributed by atoms with Crippen molar-refractivity contribution in [2.75, 3.05) is 13.6 Å². The van der Waals surface area contributed by atoms with E-state index in [0.29, 0.717) is 5.41 Å². The van der Waals surface area contributed by atoms with Gasteiger partial charge in [0.2, 0.25) is 0 Å². The zero-order valence-electron chi connectivity index (χ0n) is 9.53. The van der Waals surface area contributed by atoms with Crippen LogP contribution in [0.1, 0.15) is 52.4 Å². The van der Waals surface area contributed by atoms with E-state index in [9.17, 15) is 0 Å². The molecule has 0 radical (unpaired) electrons. The van der Waals surface area contributed by atoms with Crippen molar-refractivity contribution in [1.29, 1.82) is 0 Å². The van der Waals surface area contributed by atoms with Gasteiger partial charge in [-0.2, -0.15) is 0 Å². The van der Waals surface area contributed by atoms with Gasteiger partial charge in [-0.15, -0.1) is 0 Å². The van der Waals surface area contributed by atoms with Gasteiger partial charge < -0.3 is 5.32 Å². The smallest absolute Gasteiger partial charge is 0.00234 e. The fourth-order valence-corrected chi connectivity index (χ4v) is 2.78. The molecule has 1 unspecified atom stereocenters. The van der Waals surface area contributed by atoms with Crippen molar-refractivity contribution < 1.29 is 0 Å². The maximum Gasteiger partial charge on any atom is -0.00234 e.